The molecule has 1 fully saturated rings. The molecule has 23 heavy (non-hydrogen) atoms. The van der Waals surface area contributed by atoms with Crippen LogP contribution < -0.4 is 10.6 Å². The third-order valence-corrected chi connectivity index (χ3v) is 5.00. The molecule has 3 rings (SSSR count). The lowest BCUT2D eigenvalue weighted by molar-refractivity contribution is 0.153. The molecule has 6 nitrogen and oxygen atoms in total. The SMILES string of the molecule is CN1CCN(CCCNC(=O)Nc2nc3ccccc3s2)CC1. The van der Waals surface area contributed by atoms with Gasteiger partial charge in [0, 0.05) is 32.7 Å². The summed E-state index contributed by atoms with van der Waals surface area (Å²) in [5.74, 6) is 0. The predicted molar refractivity (Wildman–Crippen MR) is 95.2 cm³/mol. The van der Waals surface area contributed by atoms with Gasteiger partial charge in [0.25, 0.3) is 0 Å². The van der Waals surface area contributed by atoms with E-state index in [1.165, 1.54) is 11.3 Å². The van der Waals surface area contributed by atoms with Crippen LogP contribution in [0, 0.1) is 0 Å². The molecule has 2 aromatic rings. The molecule has 2 N–H and O–H groups in total. The van der Waals surface area contributed by atoms with Gasteiger partial charge in [0.1, 0.15) is 0 Å². The van der Waals surface area contributed by atoms with Gasteiger partial charge >= 0.3 is 6.03 Å². The number of urea groups is 1. The highest BCUT2D eigenvalue weighted by Crippen LogP contribution is 2.25. The summed E-state index contributed by atoms with van der Waals surface area (Å²) in [7, 11) is 2.16. The van der Waals surface area contributed by atoms with Gasteiger partial charge in [0.15, 0.2) is 5.13 Å². The number of benzene rings is 1. The molecule has 1 aromatic heterocycles. The van der Waals surface area contributed by atoms with Gasteiger partial charge in [0.05, 0.1) is 10.2 Å². The highest BCUT2D eigenvalue weighted by atomic mass is 32.1. The molecule has 0 spiro atoms. The maximum atomic E-state index is 11.9. The zero-order valence-corrected chi connectivity index (χ0v) is 14.2. The number of aromatic nitrogens is 1. The Kier molecular flexibility index (Phi) is 5.43. The second-order valence-electron chi connectivity index (χ2n) is 5.87. The monoisotopic (exact) mass is 333 g/mol. The van der Waals surface area contributed by atoms with Crippen LogP contribution in [0.4, 0.5) is 9.93 Å². The molecule has 2 heterocycles. The maximum Gasteiger partial charge on any atom is 0.321 e. The van der Waals surface area contributed by atoms with Gasteiger partial charge in [0.2, 0.25) is 0 Å². The highest BCUT2D eigenvalue weighted by Gasteiger charge is 2.13. The van der Waals surface area contributed by atoms with Crippen LogP contribution in [0.5, 0.6) is 0 Å². The van der Waals surface area contributed by atoms with E-state index in [1.54, 1.807) is 0 Å². The van der Waals surface area contributed by atoms with E-state index in [-0.39, 0.29) is 6.03 Å². The van der Waals surface area contributed by atoms with Crippen LogP contribution >= 0.6 is 11.3 Å². The van der Waals surface area contributed by atoms with Crippen molar-refractivity contribution in [1.29, 1.82) is 0 Å². The van der Waals surface area contributed by atoms with Crippen molar-refractivity contribution < 1.29 is 4.79 Å². The van der Waals surface area contributed by atoms with Gasteiger partial charge in [-0.2, -0.15) is 0 Å². The first-order valence-corrected chi connectivity index (χ1v) is 8.84. The summed E-state index contributed by atoms with van der Waals surface area (Å²) >= 11 is 1.49. The summed E-state index contributed by atoms with van der Waals surface area (Å²) in [6.45, 7) is 6.22. The van der Waals surface area contributed by atoms with Crippen LogP contribution in [0.25, 0.3) is 10.2 Å². The molecule has 0 atom stereocenters. The number of amides is 2. The number of fused-ring (bicyclic) bond motifs is 1. The third-order valence-electron chi connectivity index (χ3n) is 4.05. The molecule has 0 unspecified atom stereocenters. The Morgan fingerprint density at radius 1 is 1.26 bits per heavy atom. The Morgan fingerprint density at radius 3 is 2.83 bits per heavy atom. The van der Waals surface area contributed by atoms with E-state index in [4.69, 9.17) is 0 Å². The minimum atomic E-state index is -0.178. The number of hydrogen-bond donors (Lipinski definition) is 2. The van der Waals surface area contributed by atoms with Crippen LogP contribution in [0.2, 0.25) is 0 Å². The summed E-state index contributed by atoms with van der Waals surface area (Å²) in [6, 6.07) is 7.70. The number of rotatable bonds is 5. The Morgan fingerprint density at radius 2 is 2.04 bits per heavy atom. The zero-order valence-electron chi connectivity index (χ0n) is 13.4. The predicted octanol–water partition coefficient (Wildman–Crippen LogP) is 2.06. The van der Waals surface area contributed by atoms with Crippen molar-refractivity contribution in [1.82, 2.24) is 20.1 Å². The number of likely N-dealkylation sites (N-methyl/N-ethyl adjacent to an activating group) is 1. The molecule has 7 heteroatoms. The standard InChI is InChI=1S/C16H23N5OS/c1-20-9-11-21(12-10-20)8-4-7-17-15(22)19-16-18-13-5-2-3-6-14(13)23-16/h2-3,5-6H,4,7-12H2,1H3,(H2,17,18,19,22). The van der Waals surface area contributed by atoms with Crippen LogP contribution in [-0.4, -0.2) is 67.1 Å². The molecule has 1 saturated heterocycles. The number of anilines is 1. The molecule has 1 aromatic carbocycles. The number of carbonyl (C=O) groups is 1. The van der Waals surface area contributed by atoms with Gasteiger partial charge in [-0.25, -0.2) is 9.78 Å². The van der Waals surface area contributed by atoms with Crippen LogP contribution in [0.1, 0.15) is 6.42 Å². The van der Waals surface area contributed by atoms with E-state index < -0.39 is 0 Å². The topological polar surface area (TPSA) is 60.5 Å². The Hall–Kier alpha value is -1.70. The van der Waals surface area contributed by atoms with Crippen LogP contribution in [-0.2, 0) is 0 Å². The van der Waals surface area contributed by atoms with Crippen molar-refractivity contribution in [2.45, 2.75) is 6.42 Å². The van der Waals surface area contributed by atoms with Crippen molar-refractivity contribution >= 4 is 32.7 Å². The normalized spacial score (nSPS) is 16.6. The van der Waals surface area contributed by atoms with E-state index >= 15 is 0 Å². The molecule has 2 amide bonds. The number of nitrogens with zero attached hydrogens (tertiary/aromatic N) is 3. The fourth-order valence-electron chi connectivity index (χ4n) is 2.64. The summed E-state index contributed by atoms with van der Waals surface area (Å²) in [6.07, 6.45) is 0.969. The molecular formula is C16H23N5OS. The second kappa shape index (κ2) is 7.72. The number of carbonyl (C=O) groups excluding carboxylic acids is 1. The van der Waals surface area contributed by atoms with E-state index in [0.717, 1.165) is 49.4 Å². The molecule has 0 aliphatic carbocycles. The fraction of sp³-hybridized carbons (Fsp3) is 0.500. The number of nitrogens with one attached hydrogen (secondary N) is 2. The van der Waals surface area contributed by atoms with E-state index in [1.807, 2.05) is 24.3 Å². The lowest BCUT2D eigenvalue weighted by atomic mass is 10.3. The Balaban J connectivity index is 1.36. The highest BCUT2D eigenvalue weighted by molar-refractivity contribution is 7.22. The van der Waals surface area contributed by atoms with Gasteiger partial charge in [-0.3, -0.25) is 5.32 Å². The molecular weight excluding hydrogens is 310 g/mol. The number of para-hydroxylation sites is 1. The summed E-state index contributed by atoms with van der Waals surface area (Å²) in [4.78, 5) is 21.1. The Bertz CT molecular complexity index is 618. The lowest BCUT2D eigenvalue weighted by Gasteiger charge is -2.32. The largest absolute Gasteiger partial charge is 0.338 e. The number of piperazine rings is 1. The minimum absolute atomic E-state index is 0.178. The molecule has 124 valence electrons. The maximum absolute atomic E-state index is 11.9. The van der Waals surface area contributed by atoms with E-state index in [9.17, 15) is 4.79 Å². The molecule has 1 aliphatic heterocycles. The average Bonchev–Trinajstić information content (AvgIpc) is 2.95. The summed E-state index contributed by atoms with van der Waals surface area (Å²) in [5.41, 5.74) is 0.919. The number of hydrogen-bond acceptors (Lipinski definition) is 5. The first kappa shape index (κ1) is 16.2. The average molecular weight is 333 g/mol. The smallest absolute Gasteiger partial charge is 0.321 e. The van der Waals surface area contributed by atoms with Crippen molar-refractivity contribution in [3.05, 3.63) is 24.3 Å². The van der Waals surface area contributed by atoms with Gasteiger partial charge in [-0.15, -0.1) is 0 Å². The summed E-state index contributed by atoms with van der Waals surface area (Å²) < 4.78 is 1.08. The first-order chi connectivity index (χ1) is 11.2. The molecule has 0 saturated carbocycles. The number of thiazole rings is 1. The zero-order chi connectivity index (χ0) is 16.1. The molecule has 0 radical (unpaired) electrons. The second-order valence-corrected chi connectivity index (χ2v) is 6.90. The fourth-order valence-corrected chi connectivity index (χ4v) is 3.50. The van der Waals surface area contributed by atoms with E-state index in [0.29, 0.717) is 11.7 Å². The van der Waals surface area contributed by atoms with Crippen molar-refractivity contribution in [2.75, 3.05) is 51.6 Å². The summed E-state index contributed by atoms with van der Waals surface area (Å²) in [5, 5.41) is 6.36. The Labute approximate surface area is 140 Å². The van der Waals surface area contributed by atoms with Crippen LogP contribution in [0.15, 0.2) is 24.3 Å². The lowest BCUT2D eigenvalue weighted by Crippen LogP contribution is -2.45. The molecule has 0 bridgehead atoms. The van der Waals surface area contributed by atoms with Crippen LogP contribution in [0.3, 0.4) is 0 Å². The van der Waals surface area contributed by atoms with Crippen molar-refractivity contribution in [2.24, 2.45) is 0 Å². The third kappa shape index (κ3) is 4.63. The van der Waals surface area contributed by atoms with Gasteiger partial charge in [-0.1, -0.05) is 23.5 Å². The minimum Gasteiger partial charge on any atom is -0.338 e. The molecule has 1 aliphatic rings. The van der Waals surface area contributed by atoms with Crippen molar-refractivity contribution in [3.63, 3.8) is 0 Å². The van der Waals surface area contributed by atoms with Gasteiger partial charge in [-0.05, 0) is 32.1 Å². The van der Waals surface area contributed by atoms with Gasteiger partial charge < -0.3 is 15.1 Å². The van der Waals surface area contributed by atoms with E-state index in [2.05, 4.69) is 32.5 Å². The quantitative estimate of drug-likeness (QED) is 0.822. The van der Waals surface area contributed by atoms with Crippen molar-refractivity contribution in [3.8, 4) is 0 Å². The first-order valence-electron chi connectivity index (χ1n) is 8.02.